The largest absolute Gasteiger partial charge is 0.455 e. The summed E-state index contributed by atoms with van der Waals surface area (Å²) in [5.41, 5.74) is 2.72. The van der Waals surface area contributed by atoms with E-state index in [0.717, 1.165) is 5.56 Å². The van der Waals surface area contributed by atoms with Gasteiger partial charge in [0.25, 0.3) is 5.91 Å². The number of hydrogen-bond donors (Lipinski definition) is 2. The summed E-state index contributed by atoms with van der Waals surface area (Å²) in [7, 11) is 0. The predicted molar refractivity (Wildman–Crippen MR) is 113 cm³/mol. The van der Waals surface area contributed by atoms with Crippen molar-refractivity contribution in [1.82, 2.24) is 4.98 Å². The van der Waals surface area contributed by atoms with E-state index in [9.17, 15) is 9.59 Å². The number of aryl methyl sites for hydroxylation is 1. The van der Waals surface area contributed by atoms with Crippen molar-refractivity contribution in [3.8, 4) is 11.5 Å². The standard InChI is InChI=1S/C23H23N3O3/c1-15(2)22(27)25-18-8-6-17(7-9-18)23(28)26-19-10-11-21(16(3)13-19)29-20-5-4-12-24-14-20/h4-15H,1-3H3,(H,25,27)(H,26,28). The zero-order valence-corrected chi connectivity index (χ0v) is 16.6. The van der Waals surface area contributed by atoms with Crippen LogP contribution in [-0.4, -0.2) is 16.8 Å². The second-order valence-electron chi connectivity index (χ2n) is 6.95. The Hall–Kier alpha value is -3.67. The normalized spacial score (nSPS) is 10.5. The van der Waals surface area contributed by atoms with Gasteiger partial charge >= 0.3 is 0 Å². The molecule has 0 radical (unpaired) electrons. The number of ether oxygens (including phenoxy) is 1. The van der Waals surface area contributed by atoms with E-state index in [4.69, 9.17) is 4.74 Å². The van der Waals surface area contributed by atoms with Crippen molar-refractivity contribution in [3.63, 3.8) is 0 Å². The zero-order valence-electron chi connectivity index (χ0n) is 16.6. The third-order valence-corrected chi connectivity index (χ3v) is 4.23. The van der Waals surface area contributed by atoms with Crippen molar-refractivity contribution in [2.75, 3.05) is 10.6 Å². The van der Waals surface area contributed by atoms with Crippen LogP contribution in [0.3, 0.4) is 0 Å². The smallest absolute Gasteiger partial charge is 0.255 e. The van der Waals surface area contributed by atoms with E-state index in [0.29, 0.717) is 28.4 Å². The topological polar surface area (TPSA) is 80.3 Å². The number of aromatic nitrogens is 1. The summed E-state index contributed by atoms with van der Waals surface area (Å²) in [5.74, 6) is 0.947. The highest BCUT2D eigenvalue weighted by Gasteiger charge is 2.10. The molecule has 3 rings (SSSR count). The van der Waals surface area contributed by atoms with Gasteiger partial charge in [-0.15, -0.1) is 0 Å². The number of nitrogens with one attached hydrogen (secondary N) is 2. The van der Waals surface area contributed by atoms with Crippen molar-refractivity contribution < 1.29 is 14.3 Å². The molecule has 1 aromatic heterocycles. The molecular formula is C23H23N3O3. The van der Waals surface area contributed by atoms with Crippen LogP contribution in [0.4, 0.5) is 11.4 Å². The lowest BCUT2D eigenvalue weighted by Crippen LogP contribution is -2.18. The average Bonchev–Trinajstić information content (AvgIpc) is 2.71. The molecule has 6 nitrogen and oxygen atoms in total. The van der Waals surface area contributed by atoms with Crippen LogP contribution in [0.1, 0.15) is 29.8 Å². The summed E-state index contributed by atoms with van der Waals surface area (Å²) in [5, 5.41) is 5.68. The lowest BCUT2D eigenvalue weighted by atomic mass is 10.1. The van der Waals surface area contributed by atoms with Gasteiger partial charge in [-0.05, 0) is 67.1 Å². The number of pyridine rings is 1. The van der Waals surface area contributed by atoms with Gasteiger partial charge in [0.1, 0.15) is 11.5 Å². The summed E-state index contributed by atoms with van der Waals surface area (Å²) >= 11 is 0. The second-order valence-corrected chi connectivity index (χ2v) is 6.95. The van der Waals surface area contributed by atoms with Gasteiger partial charge in [0.05, 0.1) is 6.20 Å². The molecule has 148 valence electrons. The van der Waals surface area contributed by atoms with Crippen LogP contribution < -0.4 is 15.4 Å². The van der Waals surface area contributed by atoms with E-state index in [1.807, 2.05) is 39.0 Å². The van der Waals surface area contributed by atoms with Crippen molar-refractivity contribution in [1.29, 1.82) is 0 Å². The lowest BCUT2D eigenvalue weighted by molar-refractivity contribution is -0.118. The minimum absolute atomic E-state index is 0.0636. The van der Waals surface area contributed by atoms with E-state index >= 15 is 0 Å². The Bertz CT molecular complexity index is 1000. The fourth-order valence-corrected chi connectivity index (χ4v) is 2.57. The maximum atomic E-state index is 12.5. The molecule has 2 amide bonds. The van der Waals surface area contributed by atoms with Crippen molar-refractivity contribution >= 4 is 23.2 Å². The molecule has 29 heavy (non-hydrogen) atoms. The number of nitrogens with zero attached hydrogens (tertiary/aromatic N) is 1. The van der Waals surface area contributed by atoms with Gasteiger partial charge in [0, 0.05) is 29.1 Å². The molecule has 1 heterocycles. The molecule has 0 aliphatic heterocycles. The molecule has 0 fully saturated rings. The molecule has 0 bridgehead atoms. The van der Waals surface area contributed by atoms with Crippen LogP contribution in [0.2, 0.25) is 0 Å². The Morgan fingerprint density at radius 3 is 2.31 bits per heavy atom. The number of amides is 2. The van der Waals surface area contributed by atoms with Gasteiger partial charge in [-0.2, -0.15) is 0 Å². The van der Waals surface area contributed by atoms with Gasteiger partial charge < -0.3 is 15.4 Å². The predicted octanol–water partition coefficient (Wildman–Crippen LogP) is 5.03. The third-order valence-electron chi connectivity index (χ3n) is 4.23. The van der Waals surface area contributed by atoms with Crippen LogP contribution in [-0.2, 0) is 4.79 Å². The Morgan fingerprint density at radius 1 is 0.966 bits per heavy atom. The molecular weight excluding hydrogens is 366 g/mol. The Kier molecular flexibility index (Phi) is 6.24. The van der Waals surface area contributed by atoms with Crippen LogP contribution in [0.25, 0.3) is 0 Å². The molecule has 0 unspecified atom stereocenters. The van der Waals surface area contributed by atoms with Crippen LogP contribution in [0.15, 0.2) is 67.0 Å². The Labute approximate surface area is 169 Å². The molecule has 0 saturated carbocycles. The summed E-state index contributed by atoms with van der Waals surface area (Å²) in [6.07, 6.45) is 3.32. The number of carbonyl (C=O) groups is 2. The monoisotopic (exact) mass is 389 g/mol. The minimum Gasteiger partial charge on any atom is -0.455 e. The SMILES string of the molecule is Cc1cc(NC(=O)c2ccc(NC(=O)C(C)C)cc2)ccc1Oc1cccnc1. The molecule has 0 saturated heterocycles. The highest BCUT2D eigenvalue weighted by Crippen LogP contribution is 2.27. The maximum absolute atomic E-state index is 12.5. The minimum atomic E-state index is -0.230. The summed E-state index contributed by atoms with van der Waals surface area (Å²) < 4.78 is 5.81. The van der Waals surface area contributed by atoms with E-state index in [1.165, 1.54) is 0 Å². The maximum Gasteiger partial charge on any atom is 0.255 e. The first kappa shape index (κ1) is 20.1. The quantitative estimate of drug-likeness (QED) is 0.620. The van der Waals surface area contributed by atoms with Gasteiger partial charge in [0.15, 0.2) is 0 Å². The van der Waals surface area contributed by atoms with Crippen LogP contribution in [0.5, 0.6) is 11.5 Å². The van der Waals surface area contributed by atoms with Gasteiger partial charge in [-0.1, -0.05) is 13.8 Å². The van der Waals surface area contributed by atoms with E-state index < -0.39 is 0 Å². The number of carbonyl (C=O) groups excluding carboxylic acids is 2. The summed E-state index contributed by atoms with van der Waals surface area (Å²) in [4.78, 5) is 28.3. The van der Waals surface area contributed by atoms with Gasteiger partial charge in [-0.3, -0.25) is 14.6 Å². The summed E-state index contributed by atoms with van der Waals surface area (Å²) in [6.45, 7) is 5.56. The number of rotatable bonds is 6. The molecule has 6 heteroatoms. The molecule has 0 spiro atoms. The summed E-state index contributed by atoms with van der Waals surface area (Å²) in [6, 6.07) is 15.9. The van der Waals surface area contributed by atoms with Crippen LogP contribution in [0, 0.1) is 12.8 Å². The van der Waals surface area contributed by atoms with Gasteiger partial charge in [0.2, 0.25) is 5.91 Å². The first-order valence-electron chi connectivity index (χ1n) is 9.33. The van der Waals surface area contributed by atoms with Crippen molar-refractivity contribution in [2.24, 2.45) is 5.92 Å². The highest BCUT2D eigenvalue weighted by molar-refractivity contribution is 6.04. The second kappa shape index (κ2) is 9.01. The highest BCUT2D eigenvalue weighted by atomic mass is 16.5. The lowest BCUT2D eigenvalue weighted by Gasteiger charge is -2.11. The fourth-order valence-electron chi connectivity index (χ4n) is 2.57. The van der Waals surface area contributed by atoms with E-state index in [1.54, 1.807) is 48.8 Å². The third kappa shape index (κ3) is 5.42. The fraction of sp³-hybridized carbons (Fsp3) is 0.174. The molecule has 3 aromatic rings. The van der Waals surface area contributed by atoms with Crippen molar-refractivity contribution in [2.45, 2.75) is 20.8 Å². The number of anilines is 2. The van der Waals surface area contributed by atoms with E-state index in [-0.39, 0.29) is 17.7 Å². The molecule has 0 atom stereocenters. The Morgan fingerprint density at radius 2 is 1.69 bits per heavy atom. The first-order chi connectivity index (χ1) is 13.9. The molecule has 0 aliphatic carbocycles. The number of hydrogen-bond acceptors (Lipinski definition) is 4. The molecule has 2 aromatic carbocycles. The average molecular weight is 389 g/mol. The van der Waals surface area contributed by atoms with E-state index in [2.05, 4.69) is 15.6 Å². The zero-order chi connectivity index (χ0) is 20.8. The van der Waals surface area contributed by atoms with Crippen molar-refractivity contribution in [3.05, 3.63) is 78.1 Å². The van der Waals surface area contributed by atoms with Gasteiger partial charge in [-0.25, -0.2) is 0 Å². The first-order valence-corrected chi connectivity index (χ1v) is 9.33. The molecule has 2 N–H and O–H groups in total. The van der Waals surface area contributed by atoms with Crippen LogP contribution >= 0.6 is 0 Å². The Balaban J connectivity index is 1.64. The number of benzene rings is 2. The molecule has 0 aliphatic rings.